The topological polar surface area (TPSA) is 88.3 Å². The number of hydrogen-bond acceptors (Lipinski definition) is 5. The predicted octanol–water partition coefficient (Wildman–Crippen LogP) is 6.82. The number of halogens is 3. The Bertz CT molecular complexity index is 1610. The first-order chi connectivity index (χ1) is 19.3. The number of carbonyl (C=O) groups is 2. The van der Waals surface area contributed by atoms with Crippen molar-refractivity contribution >= 4 is 17.5 Å². The summed E-state index contributed by atoms with van der Waals surface area (Å²) in [6.45, 7) is -0.699. The van der Waals surface area contributed by atoms with Crippen molar-refractivity contribution in [3.05, 3.63) is 126 Å². The number of alkyl halides is 3. The minimum atomic E-state index is -4.98. The number of hydrogen-bond donors (Lipinski definition) is 1. The van der Waals surface area contributed by atoms with Gasteiger partial charge in [-0.2, -0.15) is 0 Å². The second-order valence-corrected chi connectivity index (χ2v) is 8.68. The molecule has 40 heavy (non-hydrogen) atoms. The fourth-order valence-electron chi connectivity index (χ4n) is 3.94. The van der Waals surface area contributed by atoms with E-state index >= 15 is 0 Å². The van der Waals surface area contributed by atoms with Gasteiger partial charge in [0.25, 0.3) is 11.8 Å². The van der Waals surface area contributed by atoms with Crippen LogP contribution in [-0.2, 0) is 6.54 Å². The summed E-state index contributed by atoms with van der Waals surface area (Å²) in [6.07, 6.45) is -2.01. The molecule has 3 aromatic carbocycles. The third kappa shape index (κ3) is 5.91. The number of benzene rings is 3. The fraction of sp³-hybridized carbons (Fsp3) is 0.0667. The Morgan fingerprint density at radius 2 is 1.50 bits per heavy atom. The Morgan fingerprint density at radius 3 is 2.12 bits per heavy atom. The van der Waals surface area contributed by atoms with Crippen LogP contribution >= 0.6 is 0 Å². The molecule has 2 heterocycles. The van der Waals surface area contributed by atoms with Gasteiger partial charge in [0.05, 0.1) is 12.1 Å². The van der Waals surface area contributed by atoms with Crippen molar-refractivity contribution in [2.24, 2.45) is 0 Å². The molecule has 0 saturated heterocycles. The normalized spacial score (nSPS) is 11.2. The molecule has 200 valence electrons. The van der Waals surface area contributed by atoms with Crippen LogP contribution in [0, 0.1) is 0 Å². The first-order valence-corrected chi connectivity index (χ1v) is 12.1. The van der Waals surface area contributed by atoms with Crippen molar-refractivity contribution in [2.45, 2.75) is 12.8 Å². The fourth-order valence-corrected chi connectivity index (χ4v) is 3.94. The smallest absolute Gasteiger partial charge is 0.435 e. The molecule has 5 aromatic rings. The molecule has 2 aromatic heterocycles. The second kappa shape index (κ2) is 11.2. The molecule has 0 unspecified atom stereocenters. The van der Waals surface area contributed by atoms with Crippen LogP contribution in [0.4, 0.5) is 18.9 Å². The lowest BCUT2D eigenvalue weighted by Crippen LogP contribution is -2.42. The highest BCUT2D eigenvalue weighted by atomic mass is 19.4. The summed E-state index contributed by atoms with van der Waals surface area (Å²) < 4.78 is 48.3. The number of nitrogens with zero attached hydrogens (tertiary/aromatic N) is 3. The molecule has 0 aliphatic carbocycles. The minimum absolute atomic E-state index is 0.00487. The van der Waals surface area contributed by atoms with Gasteiger partial charge in [0.15, 0.2) is 11.5 Å². The highest BCUT2D eigenvalue weighted by molar-refractivity contribution is 6.04. The second-order valence-electron chi connectivity index (χ2n) is 8.68. The number of oxazole rings is 1. The van der Waals surface area contributed by atoms with Gasteiger partial charge >= 0.3 is 6.30 Å². The first-order valence-electron chi connectivity index (χ1n) is 12.1. The van der Waals surface area contributed by atoms with Crippen molar-refractivity contribution in [1.82, 2.24) is 14.9 Å². The zero-order chi connectivity index (χ0) is 28.1. The average Bonchev–Trinajstić information content (AvgIpc) is 3.42. The van der Waals surface area contributed by atoms with Gasteiger partial charge in [0, 0.05) is 29.2 Å². The van der Waals surface area contributed by atoms with Crippen LogP contribution in [0.1, 0.15) is 26.4 Å². The van der Waals surface area contributed by atoms with E-state index in [4.69, 9.17) is 4.42 Å². The van der Waals surface area contributed by atoms with E-state index in [9.17, 15) is 22.8 Å². The number of carbonyl (C=O) groups excluding carboxylic acids is 2. The van der Waals surface area contributed by atoms with Crippen LogP contribution in [-0.4, -0.2) is 33.0 Å². The summed E-state index contributed by atoms with van der Waals surface area (Å²) in [5, 5.41) is 2.72. The molecular weight excluding hydrogens is 521 g/mol. The van der Waals surface area contributed by atoms with Gasteiger partial charge in [0.2, 0.25) is 5.89 Å². The molecule has 0 aliphatic rings. The van der Waals surface area contributed by atoms with Crippen molar-refractivity contribution in [3.63, 3.8) is 0 Å². The van der Waals surface area contributed by atoms with Gasteiger partial charge in [-0.05, 0) is 54.1 Å². The number of nitrogens with one attached hydrogen (secondary N) is 1. The number of anilines is 1. The average molecular weight is 543 g/mol. The zero-order valence-electron chi connectivity index (χ0n) is 20.8. The quantitative estimate of drug-likeness (QED) is 0.228. The molecule has 0 radical (unpaired) electrons. The first kappa shape index (κ1) is 26.4. The summed E-state index contributed by atoms with van der Waals surface area (Å²) in [4.78, 5) is 33.8. The lowest BCUT2D eigenvalue weighted by molar-refractivity contribution is -0.228. The predicted molar refractivity (Wildman–Crippen MR) is 142 cm³/mol. The van der Waals surface area contributed by atoms with E-state index in [1.807, 2.05) is 0 Å². The van der Waals surface area contributed by atoms with Crippen molar-refractivity contribution in [3.8, 4) is 22.8 Å². The summed E-state index contributed by atoms with van der Waals surface area (Å²) in [5.41, 5.74) is 1.39. The monoisotopic (exact) mass is 542 g/mol. The molecule has 0 spiro atoms. The Morgan fingerprint density at radius 1 is 0.825 bits per heavy atom. The van der Waals surface area contributed by atoms with E-state index in [0.717, 1.165) is 0 Å². The summed E-state index contributed by atoms with van der Waals surface area (Å²) >= 11 is 0. The van der Waals surface area contributed by atoms with Crippen LogP contribution in [0.15, 0.2) is 114 Å². The van der Waals surface area contributed by atoms with Gasteiger partial charge in [-0.1, -0.05) is 48.5 Å². The van der Waals surface area contributed by atoms with Crippen LogP contribution in [0.3, 0.4) is 0 Å². The van der Waals surface area contributed by atoms with E-state index < -0.39 is 24.4 Å². The van der Waals surface area contributed by atoms with Gasteiger partial charge in [-0.25, -0.2) is 9.88 Å². The number of amides is 2. The molecule has 0 atom stereocenters. The Labute approximate surface area is 226 Å². The standard InChI is InChI=1S/C30H21F3N4O3/c31-30(32,33)37(19-20-8-3-1-4-9-20)29(39)25-26(40-28(36-25)22-10-5-2-6-11-22)21-13-15-24(16-14-21)35-27(38)23-12-7-17-34-18-23/h1-18H,19H2,(H,35,38). The van der Waals surface area contributed by atoms with E-state index in [1.54, 1.807) is 79.0 Å². The largest absolute Gasteiger partial charge is 0.487 e. The molecule has 2 amide bonds. The SMILES string of the molecule is O=C(Nc1ccc(-c2oc(-c3ccccc3)nc2C(=O)N(Cc2ccccc2)C(F)(F)F)cc1)c1cccnc1. The number of pyridine rings is 1. The van der Waals surface area contributed by atoms with Crippen molar-refractivity contribution in [1.29, 1.82) is 0 Å². The van der Waals surface area contributed by atoms with Crippen LogP contribution in [0.5, 0.6) is 0 Å². The maximum atomic E-state index is 14.1. The maximum Gasteiger partial charge on any atom is 0.487 e. The zero-order valence-corrected chi connectivity index (χ0v) is 20.8. The van der Waals surface area contributed by atoms with E-state index in [0.29, 0.717) is 27.9 Å². The molecule has 1 N–H and O–H groups in total. The van der Waals surface area contributed by atoms with Gasteiger partial charge < -0.3 is 9.73 Å². The molecule has 7 nitrogen and oxygen atoms in total. The van der Waals surface area contributed by atoms with Gasteiger partial charge in [0.1, 0.15) is 0 Å². The van der Waals surface area contributed by atoms with E-state index in [2.05, 4.69) is 15.3 Å². The molecule has 0 aliphatic heterocycles. The third-order valence-electron chi connectivity index (χ3n) is 5.91. The molecule has 0 saturated carbocycles. The maximum absolute atomic E-state index is 14.1. The summed E-state index contributed by atoms with van der Waals surface area (Å²) in [5.74, 6) is -1.87. The molecular formula is C30H21F3N4O3. The molecule has 0 fully saturated rings. The lowest BCUT2D eigenvalue weighted by Gasteiger charge is -2.24. The van der Waals surface area contributed by atoms with Gasteiger partial charge in [-0.3, -0.25) is 14.6 Å². The Hall–Kier alpha value is -5.25. The summed E-state index contributed by atoms with van der Waals surface area (Å²) in [7, 11) is 0. The third-order valence-corrected chi connectivity index (χ3v) is 5.91. The number of aromatic nitrogens is 2. The molecule has 10 heteroatoms. The highest BCUT2D eigenvalue weighted by Crippen LogP contribution is 2.34. The van der Waals surface area contributed by atoms with Crippen LogP contribution in [0.25, 0.3) is 22.8 Å². The van der Waals surface area contributed by atoms with Gasteiger partial charge in [-0.15, -0.1) is 13.2 Å². The van der Waals surface area contributed by atoms with E-state index in [-0.39, 0.29) is 22.5 Å². The molecule has 5 rings (SSSR count). The lowest BCUT2D eigenvalue weighted by atomic mass is 10.1. The number of rotatable bonds is 7. The van der Waals surface area contributed by atoms with Crippen molar-refractivity contribution in [2.75, 3.05) is 5.32 Å². The van der Waals surface area contributed by atoms with Crippen molar-refractivity contribution < 1.29 is 27.2 Å². The highest BCUT2D eigenvalue weighted by Gasteiger charge is 2.43. The van der Waals surface area contributed by atoms with E-state index in [1.165, 1.54) is 30.5 Å². The Kier molecular flexibility index (Phi) is 7.41. The Balaban J connectivity index is 1.50. The summed E-state index contributed by atoms with van der Waals surface area (Å²) in [6, 6.07) is 25.8. The van der Waals surface area contributed by atoms with Crippen LogP contribution < -0.4 is 5.32 Å². The van der Waals surface area contributed by atoms with Crippen LogP contribution in [0.2, 0.25) is 0 Å². The minimum Gasteiger partial charge on any atom is -0.435 e. The molecule has 0 bridgehead atoms.